The molecule has 1 aromatic heterocycles. The summed E-state index contributed by atoms with van der Waals surface area (Å²) in [5.74, 6) is -0.0234. The van der Waals surface area contributed by atoms with Crippen LogP contribution in [0.15, 0.2) is 24.3 Å². The van der Waals surface area contributed by atoms with Crippen LogP contribution >= 0.6 is 0 Å². The number of hydrogen-bond donors (Lipinski definition) is 1. The molecule has 2 fully saturated rings. The van der Waals surface area contributed by atoms with Crippen LogP contribution in [-0.2, 0) is 9.53 Å². The van der Waals surface area contributed by atoms with Gasteiger partial charge in [0.25, 0.3) is 11.8 Å². The van der Waals surface area contributed by atoms with Gasteiger partial charge in [0.2, 0.25) is 11.7 Å². The van der Waals surface area contributed by atoms with E-state index < -0.39 is 5.91 Å². The molecule has 4 rings (SSSR count). The van der Waals surface area contributed by atoms with Gasteiger partial charge >= 0.3 is 6.01 Å². The van der Waals surface area contributed by atoms with E-state index >= 15 is 0 Å². The fourth-order valence-corrected chi connectivity index (χ4v) is 3.78. The molecule has 34 heavy (non-hydrogen) atoms. The third-order valence-corrected chi connectivity index (χ3v) is 5.52. The Morgan fingerprint density at radius 1 is 1.21 bits per heavy atom. The summed E-state index contributed by atoms with van der Waals surface area (Å²) >= 11 is 0. The van der Waals surface area contributed by atoms with Crippen molar-refractivity contribution in [1.29, 1.82) is 0 Å². The maximum atomic E-state index is 12.3. The van der Waals surface area contributed by atoms with Crippen LogP contribution in [-0.4, -0.2) is 72.8 Å². The van der Waals surface area contributed by atoms with E-state index in [1.54, 1.807) is 29.2 Å². The number of nitrogens with two attached hydrogens (primary N) is 1. The summed E-state index contributed by atoms with van der Waals surface area (Å²) in [4.78, 5) is 34.3. The van der Waals surface area contributed by atoms with Crippen LogP contribution in [0.2, 0.25) is 0 Å². The highest BCUT2D eigenvalue weighted by molar-refractivity contribution is 5.94. The standard InChI is InChI=1S/C23H28N4O7/c1-30-16-7-2-3-8-17(16)34-20-19(21(24)29)25-23(32-13-11-27-10-4-9-18(27)28)26-22(20)33-14-15-6-5-12-31-15/h2-3,7-8,15H,4-6,9-14H2,1H3,(H2,24,29). The first-order chi connectivity index (χ1) is 16.5. The molecule has 2 aromatic rings. The van der Waals surface area contributed by atoms with Crippen molar-refractivity contribution in [3.05, 3.63) is 30.0 Å². The maximum absolute atomic E-state index is 12.3. The fourth-order valence-electron chi connectivity index (χ4n) is 3.78. The first kappa shape index (κ1) is 23.6. The Kier molecular flexibility index (Phi) is 7.63. The molecule has 182 valence electrons. The second-order valence-corrected chi connectivity index (χ2v) is 7.89. The molecule has 0 radical (unpaired) electrons. The molecule has 2 N–H and O–H groups in total. The van der Waals surface area contributed by atoms with Gasteiger partial charge in [0.1, 0.15) is 13.2 Å². The largest absolute Gasteiger partial charge is 0.493 e. The van der Waals surface area contributed by atoms with E-state index in [0.29, 0.717) is 37.6 Å². The highest BCUT2D eigenvalue weighted by Crippen LogP contribution is 2.38. The molecular formula is C23H28N4O7. The van der Waals surface area contributed by atoms with Gasteiger partial charge in [0.15, 0.2) is 17.2 Å². The topological polar surface area (TPSA) is 135 Å². The number of ether oxygens (including phenoxy) is 5. The fraction of sp³-hybridized carbons (Fsp3) is 0.478. The Bertz CT molecular complexity index is 1030. The van der Waals surface area contributed by atoms with Crippen molar-refractivity contribution in [3.8, 4) is 29.1 Å². The van der Waals surface area contributed by atoms with E-state index in [9.17, 15) is 9.59 Å². The van der Waals surface area contributed by atoms with Crippen LogP contribution < -0.4 is 24.7 Å². The lowest BCUT2D eigenvalue weighted by atomic mass is 10.2. The summed E-state index contributed by atoms with van der Waals surface area (Å²) in [6.07, 6.45) is 3.06. The number of nitrogens with zero attached hydrogens (tertiary/aromatic N) is 3. The average Bonchev–Trinajstić information content (AvgIpc) is 3.50. The summed E-state index contributed by atoms with van der Waals surface area (Å²) in [6.45, 7) is 2.11. The van der Waals surface area contributed by atoms with E-state index in [2.05, 4.69) is 9.97 Å². The zero-order valence-electron chi connectivity index (χ0n) is 19.0. The molecule has 2 amide bonds. The molecule has 0 aliphatic carbocycles. The average molecular weight is 472 g/mol. The van der Waals surface area contributed by atoms with Gasteiger partial charge in [-0.2, -0.15) is 9.97 Å². The van der Waals surface area contributed by atoms with Gasteiger partial charge in [0.05, 0.1) is 19.8 Å². The molecule has 11 nitrogen and oxygen atoms in total. The van der Waals surface area contributed by atoms with Crippen LogP contribution in [0.1, 0.15) is 36.2 Å². The summed E-state index contributed by atoms with van der Waals surface area (Å²) in [5, 5.41) is 0. The number of benzene rings is 1. The van der Waals surface area contributed by atoms with Gasteiger partial charge in [0, 0.05) is 19.6 Å². The SMILES string of the molecule is COc1ccccc1Oc1c(OCC2CCCO2)nc(OCCN2CCCC2=O)nc1C(N)=O. The monoisotopic (exact) mass is 472 g/mol. The molecule has 0 bridgehead atoms. The van der Waals surface area contributed by atoms with Gasteiger partial charge in [-0.1, -0.05) is 12.1 Å². The number of methoxy groups -OCH3 is 1. The number of carbonyl (C=O) groups excluding carboxylic acids is 2. The lowest BCUT2D eigenvalue weighted by Gasteiger charge is -2.18. The van der Waals surface area contributed by atoms with Crippen LogP contribution in [0.3, 0.4) is 0 Å². The Labute approximate surface area is 197 Å². The van der Waals surface area contributed by atoms with E-state index in [0.717, 1.165) is 19.3 Å². The molecule has 1 aromatic carbocycles. The van der Waals surface area contributed by atoms with Crippen molar-refractivity contribution in [2.45, 2.75) is 31.8 Å². The van der Waals surface area contributed by atoms with Crippen molar-refractivity contribution in [2.75, 3.05) is 40.0 Å². The number of carbonyl (C=O) groups is 2. The number of rotatable bonds is 11. The molecule has 3 heterocycles. The Balaban J connectivity index is 1.59. The van der Waals surface area contributed by atoms with Gasteiger partial charge in [-0.25, -0.2) is 0 Å². The third kappa shape index (κ3) is 5.66. The quantitative estimate of drug-likeness (QED) is 0.520. The summed E-state index contributed by atoms with van der Waals surface area (Å²) in [6, 6.07) is 6.82. The minimum Gasteiger partial charge on any atom is -0.493 e. The molecule has 2 aliphatic rings. The second-order valence-electron chi connectivity index (χ2n) is 7.89. The summed E-state index contributed by atoms with van der Waals surface area (Å²) < 4.78 is 28.5. The van der Waals surface area contributed by atoms with Crippen molar-refractivity contribution >= 4 is 11.8 Å². The zero-order chi connectivity index (χ0) is 23.9. The molecule has 2 saturated heterocycles. The molecule has 1 unspecified atom stereocenters. The van der Waals surface area contributed by atoms with Gasteiger partial charge in [-0.05, 0) is 31.4 Å². The Morgan fingerprint density at radius 3 is 2.71 bits per heavy atom. The first-order valence-corrected chi connectivity index (χ1v) is 11.2. The normalized spacial score (nSPS) is 17.6. The predicted octanol–water partition coefficient (Wildman–Crippen LogP) is 1.94. The van der Waals surface area contributed by atoms with E-state index in [1.807, 2.05) is 0 Å². The highest BCUT2D eigenvalue weighted by Gasteiger charge is 2.26. The number of aromatic nitrogens is 2. The number of likely N-dealkylation sites (tertiary alicyclic amines) is 1. The van der Waals surface area contributed by atoms with Gasteiger partial charge in [-0.15, -0.1) is 0 Å². The van der Waals surface area contributed by atoms with Crippen LogP contribution in [0.5, 0.6) is 29.1 Å². The summed E-state index contributed by atoms with van der Waals surface area (Å²) in [5.41, 5.74) is 5.41. The van der Waals surface area contributed by atoms with Crippen LogP contribution in [0.25, 0.3) is 0 Å². The Hall–Kier alpha value is -3.60. The molecule has 11 heteroatoms. The minimum absolute atomic E-state index is 0.00236. The van der Waals surface area contributed by atoms with Crippen LogP contribution in [0, 0.1) is 0 Å². The molecule has 0 spiro atoms. The number of hydrogen-bond acceptors (Lipinski definition) is 9. The smallest absolute Gasteiger partial charge is 0.320 e. The number of primary amides is 1. The number of para-hydroxylation sites is 2. The molecule has 2 aliphatic heterocycles. The molecular weight excluding hydrogens is 444 g/mol. The van der Waals surface area contributed by atoms with E-state index in [-0.39, 0.29) is 48.6 Å². The predicted molar refractivity (Wildman–Crippen MR) is 119 cm³/mol. The lowest BCUT2D eigenvalue weighted by Crippen LogP contribution is -2.29. The Morgan fingerprint density at radius 2 is 2.03 bits per heavy atom. The minimum atomic E-state index is -0.839. The van der Waals surface area contributed by atoms with Gasteiger partial charge in [-0.3, -0.25) is 9.59 Å². The van der Waals surface area contributed by atoms with Crippen molar-refractivity contribution in [2.24, 2.45) is 5.73 Å². The van der Waals surface area contributed by atoms with Crippen LogP contribution in [0.4, 0.5) is 0 Å². The highest BCUT2D eigenvalue weighted by atomic mass is 16.6. The lowest BCUT2D eigenvalue weighted by molar-refractivity contribution is -0.128. The maximum Gasteiger partial charge on any atom is 0.320 e. The molecule has 1 atom stereocenters. The number of amides is 2. The first-order valence-electron chi connectivity index (χ1n) is 11.2. The van der Waals surface area contributed by atoms with Crippen molar-refractivity contribution < 1.29 is 33.3 Å². The van der Waals surface area contributed by atoms with Gasteiger partial charge < -0.3 is 34.3 Å². The van der Waals surface area contributed by atoms with E-state index in [1.165, 1.54) is 7.11 Å². The van der Waals surface area contributed by atoms with Crippen molar-refractivity contribution in [3.63, 3.8) is 0 Å². The second kappa shape index (κ2) is 11.0. The third-order valence-electron chi connectivity index (χ3n) is 5.52. The zero-order valence-corrected chi connectivity index (χ0v) is 19.0. The summed E-state index contributed by atoms with van der Waals surface area (Å²) in [7, 11) is 1.50. The molecule has 0 saturated carbocycles. The van der Waals surface area contributed by atoms with Crippen molar-refractivity contribution in [1.82, 2.24) is 14.9 Å². The van der Waals surface area contributed by atoms with E-state index in [4.69, 9.17) is 29.4 Å².